The normalized spacial score (nSPS) is 11.0. The quantitative estimate of drug-likeness (QED) is 0.698. The van der Waals surface area contributed by atoms with Crippen molar-refractivity contribution in [2.24, 2.45) is 5.92 Å². The Balaban J connectivity index is 2.00. The van der Waals surface area contributed by atoms with Crippen LogP contribution in [0.2, 0.25) is 0 Å². The molecule has 7 heteroatoms. The molecule has 28 heavy (non-hydrogen) atoms. The van der Waals surface area contributed by atoms with Crippen LogP contribution in [0.15, 0.2) is 42.6 Å². The van der Waals surface area contributed by atoms with Crippen LogP contribution in [0.25, 0.3) is 0 Å². The van der Waals surface area contributed by atoms with Crippen LogP contribution in [0.3, 0.4) is 0 Å². The largest absolute Gasteiger partial charge is 0.442 e. The van der Waals surface area contributed by atoms with E-state index in [1.807, 2.05) is 52.0 Å². The maximum absolute atomic E-state index is 12.5. The van der Waals surface area contributed by atoms with Gasteiger partial charge in [-0.3, -0.25) is 5.01 Å². The highest BCUT2D eigenvalue weighted by atomic mass is 16.6. The molecule has 1 aromatic heterocycles. The topological polar surface area (TPSA) is 91.1 Å². The third-order valence-corrected chi connectivity index (χ3v) is 4.02. The standard InChI is InChI=1S/C21H27N5O2/c1-16(2)15-26(19-11-13-23-18(14-22)24-19)25-20(27)28-21(3,4)12-10-17-8-6-5-7-9-17/h5-9,11,13,16H,10,12,15H2,1-4H3,(H,25,27). The van der Waals surface area contributed by atoms with Crippen LogP contribution in [-0.4, -0.2) is 28.2 Å². The second kappa shape index (κ2) is 9.70. The Bertz CT molecular complexity index is 815. The number of amides is 1. The van der Waals surface area contributed by atoms with E-state index in [2.05, 4.69) is 27.5 Å². The van der Waals surface area contributed by atoms with Gasteiger partial charge in [0.15, 0.2) is 5.82 Å². The predicted octanol–water partition coefficient (Wildman–Crippen LogP) is 3.86. The molecule has 2 rings (SSSR count). The second-order valence-electron chi connectivity index (χ2n) is 7.60. The molecule has 0 spiro atoms. The van der Waals surface area contributed by atoms with E-state index in [1.165, 1.54) is 11.8 Å². The molecule has 1 amide bonds. The molecule has 0 aliphatic rings. The Morgan fingerprint density at radius 1 is 1.29 bits per heavy atom. The van der Waals surface area contributed by atoms with Crippen LogP contribution in [0.5, 0.6) is 0 Å². The van der Waals surface area contributed by atoms with E-state index in [0.717, 1.165) is 6.42 Å². The molecule has 148 valence electrons. The van der Waals surface area contributed by atoms with Gasteiger partial charge in [0.2, 0.25) is 5.82 Å². The minimum Gasteiger partial charge on any atom is -0.442 e. The van der Waals surface area contributed by atoms with Gasteiger partial charge in [0.1, 0.15) is 11.7 Å². The average Bonchev–Trinajstić information content (AvgIpc) is 2.66. The van der Waals surface area contributed by atoms with E-state index >= 15 is 0 Å². The average molecular weight is 381 g/mol. The van der Waals surface area contributed by atoms with E-state index in [4.69, 9.17) is 10.00 Å². The van der Waals surface area contributed by atoms with Gasteiger partial charge in [-0.05, 0) is 38.2 Å². The Labute approximate surface area is 166 Å². The predicted molar refractivity (Wildman–Crippen MR) is 107 cm³/mol. The Kier molecular flexibility index (Phi) is 7.33. The Morgan fingerprint density at radius 2 is 2.00 bits per heavy atom. The summed E-state index contributed by atoms with van der Waals surface area (Å²) in [5.41, 5.74) is 3.31. The van der Waals surface area contributed by atoms with Crippen molar-refractivity contribution in [2.45, 2.75) is 46.1 Å². The molecule has 0 saturated carbocycles. The number of anilines is 1. The van der Waals surface area contributed by atoms with Gasteiger partial charge in [0.25, 0.3) is 0 Å². The lowest BCUT2D eigenvalue weighted by Crippen LogP contribution is -2.47. The number of hydrazine groups is 1. The first-order valence-corrected chi connectivity index (χ1v) is 9.33. The molecule has 1 aromatic carbocycles. The van der Waals surface area contributed by atoms with Crippen LogP contribution >= 0.6 is 0 Å². The maximum Gasteiger partial charge on any atom is 0.426 e. The number of hydrogen-bond acceptors (Lipinski definition) is 6. The SMILES string of the molecule is CC(C)CN(NC(=O)OC(C)(C)CCc1ccccc1)c1ccnc(C#N)n1. The molecule has 0 fully saturated rings. The first kappa shape index (κ1) is 21.2. The summed E-state index contributed by atoms with van der Waals surface area (Å²) < 4.78 is 5.65. The number of nitriles is 1. The van der Waals surface area contributed by atoms with E-state index in [-0.39, 0.29) is 11.7 Å². The third kappa shape index (κ3) is 6.88. The highest BCUT2D eigenvalue weighted by molar-refractivity contribution is 5.70. The number of nitrogens with one attached hydrogen (secondary N) is 1. The van der Waals surface area contributed by atoms with Crippen molar-refractivity contribution in [3.63, 3.8) is 0 Å². The van der Waals surface area contributed by atoms with Crippen LogP contribution in [0, 0.1) is 17.2 Å². The minimum absolute atomic E-state index is 0.0459. The van der Waals surface area contributed by atoms with Crippen molar-refractivity contribution in [1.82, 2.24) is 15.4 Å². The zero-order valence-corrected chi connectivity index (χ0v) is 16.8. The number of nitrogens with zero attached hydrogens (tertiary/aromatic N) is 4. The van der Waals surface area contributed by atoms with E-state index < -0.39 is 11.7 Å². The highest BCUT2D eigenvalue weighted by Gasteiger charge is 2.24. The van der Waals surface area contributed by atoms with Crippen LogP contribution < -0.4 is 10.4 Å². The molecular formula is C21H27N5O2. The van der Waals surface area contributed by atoms with E-state index in [1.54, 1.807) is 11.1 Å². The van der Waals surface area contributed by atoms with Crippen molar-refractivity contribution < 1.29 is 9.53 Å². The lowest BCUT2D eigenvalue weighted by Gasteiger charge is -2.29. The van der Waals surface area contributed by atoms with Crippen LogP contribution in [0.4, 0.5) is 10.6 Å². The number of carbonyl (C=O) groups is 1. The molecule has 1 N–H and O–H groups in total. The molecule has 0 atom stereocenters. The lowest BCUT2D eigenvalue weighted by atomic mass is 9.99. The minimum atomic E-state index is -0.632. The number of carbonyl (C=O) groups excluding carboxylic acids is 1. The summed E-state index contributed by atoms with van der Waals surface area (Å²) in [7, 11) is 0. The zero-order valence-electron chi connectivity index (χ0n) is 16.8. The lowest BCUT2D eigenvalue weighted by molar-refractivity contribution is 0.0323. The van der Waals surface area contributed by atoms with Crippen molar-refractivity contribution in [3.8, 4) is 6.07 Å². The molecule has 0 bridgehead atoms. The Hall–Kier alpha value is -3.14. The molecule has 0 aliphatic heterocycles. The summed E-state index contributed by atoms with van der Waals surface area (Å²) in [6.45, 7) is 8.34. The summed E-state index contributed by atoms with van der Waals surface area (Å²) in [5.74, 6) is 0.746. The summed E-state index contributed by atoms with van der Waals surface area (Å²) in [4.78, 5) is 20.5. The number of aryl methyl sites for hydroxylation is 1. The second-order valence-corrected chi connectivity index (χ2v) is 7.60. The first-order chi connectivity index (χ1) is 13.3. The number of rotatable bonds is 8. The van der Waals surface area contributed by atoms with Gasteiger partial charge >= 0.3 is 6.09 Å². The molecule has 2 aromatic rings. The number of ether oxygens (including phenoxy) is 1. The Morgan fingerprint density at radius 3 is 2.64 bits per heavy atom. The van der Waals surface area contributed by atoms with E-state index in [0.29, 0.717) is 18.8 Å². The molecule has 7 nitrogen and oxygen atoms in total. The third-order valence-electron chi connectivity index (χ3n) is 4.02. The van der Waals surface area contributed by atoms with Gasteiger partial charge in [-0.2, -0.15) is 10.2 Å². The number of aromatic nitrogens is 2. The molecular weight excluding hydrogens is 354 g/mol. The number of benzene rings is 1. The summed E-state index contributed by atoms with van der Waals surface area (Å²) in [6.07, 6.45) is 2.44. The summed E-state index contributed by atoms with van der Waals surface area (Å²) in [5, 5.41) is 10.6. The van der Waals surface area contributed by atoms with Crippen molar-refractivity contribution in [2.75, 3.05) is 11.6 Å². The number of hydrogen-bond donors (Lipinski definition) is 1. The molecule has 0 unspecified atom stereocenters. The molecule has 0 radical (unpaired) electrons. The van der Waals surface area contributed by atoms with Gasteiger partial charge in [-0.25, -0.2) is 15.2 Å². The fraction of sp³-hybridized carbons (Fsp3) is 0.429. The monoisotopic (exact) mass is 381 g/mol. The van der Waals surface area contributed by atoms with Crippen molar-refractivity contribution in [3.05, 3.63) is 54.0 Å². The first-order valence-electron chi connectivity index (χ1n) is 9.33. The van der Waals surface area contributed by atoms with Crippen molar-refractivity contribution in [1.29, 1.82) is 5.26 Å². The van der Waals surface area contributed by atoms with Gasteiger partial charge in [-0.1, -0.05) is 44.2 Å². The van der Waals surface area contributed by atoms with Gasteiger partial charge in [0, 0.05) is 18.8 Å². The molecule has 0 saturated heterocycles. The van der Waals surface area contributed by atoms with Gasteiger partial charge in [0.05, 0.1) is 0 Å². The smallest absolute Gasteiger partial charge is 0.426 e. The van der Waals surface area contributed by atoms with E-state index in [9.17, 15) is 4.79 Å². The molecule has 1 heterocycles. The van der Waals surface area contributed by atoms with Crippen LogP contribution in [0.1, 0.15) is 45.5 Å². The van der Waals surface area contributed by atoms with Crippen molar-refractivity contribution >= 4 is 11.9 Å². The summed E-state index contributed by atoms with van der Waals surface area (Å²) in [6, 6.07) is 13.6. The fourth-order valence-electron chi connectivity index (χ4n) is 2.64. The van der Waals surface area contributed by atoms with Crippen LogP contribution in [-0.2, 0) is 11.2 Å². The maximum atomic E-state index is 12.5. The summed E-state index contributed by atoms with van der Waals surface area (Å²) >= 11 is 0. The molecule has 0 aliphatic carbocycles. The fourth-order valence-corrected chi connectivity index (χ4v) is 2.64. The zero-order chi connectivity index (χ0) is 20.6. The van der Waals surface area contributed by atoms with Gasteiger partial charge in [-0.15, -0.1) is 0 Å². The highest BCUT2D eigenvalue weighted by Crippen LogP contribution is 2.19. The van der Waals surface area contributed by atoms with Gasteiger partial charge < -0.3 is 4.74 Å².